The van der Waals surface area contributed by atoms with Crippen LogP contribution in [-0.2, 0) is 0 Å². The summed E-state index contributed by atoms with van der Waals surface area (Å²) in [5, 5.41) is 5.53. The summed E-state index contributed by atoms with van der Waals surface area (Å²) in [6, 6.07) is 6.02. The topological polar surface area (TPSA) is 50.9 Å². The number of nitrogens with zero attached hydrogens (tertiary/aromatic N) is 1. The molecule has 0 aliphatic carbocycles. The number of fused-ring (bicyclic) bond motifs is 1. The molecular formula is C14H19N3. The standard InChI is InChI=1S/C14H19N3/c1-14(2,3)9-17-12-5-4-10-8-16-7-6-11(10)13(12)15/h4-8,17H,9,15H2,1-3H3. The summed E-state index contributed by atoms with van der Waals surface area (Å²) in [6.45, 7) is 7.48. The van der Waals surface area contributed by atoms with Gasteiger partial charge in [0.1, 0.15) is 0 Å². The highest BCUT2D eigenvalue weighted by Crippen LogP contribution is 2.28. The van der Waals surface area contributed by atoms with Crippen LogP contribution in [-0.4, -0.2) is 11.5 Å². The van der Waals surface area contributed by atoms with E-state index in [9.17, 15) is 0 Å². The van der Waals surface area contributed by atoms with Gasteiger partial charge >= 0.3 is 0 Å². The Labute approximate surface area is 102 Å². The average molecular weight is 229 g/mol. The number of rotatable bonds is 2. The van der Waals surface area contributed by atoms with Crippen LogP contribution >= 0.6 is 0 Å². The summed E-state index contributed by atoms with van der Waals surface area (Å²) in [5.74, 6) is 0. The van der Waals surface area contributed by atoms with Crippen molar-refractivity contribution >= 4 is 22.1 Å². The van der Waals surface area contributed by atoms with Crippen molar-refractivity contribution in [2.45, 2.75) is 20.8 Å². The van der Waals surface area contributed by atoms with E-state index in [1.54, 1.807) is 6.20 Å². The Morgan fingerprint density at radius 3 is 2.71 bits per heavy atom. The smallest absolute Gasteiger partial charge is 0.0630 e. The zero-order chi connectivity index (χ0) is 12.5. The minimum Gasteiger partial charge on any atom is -0.397 e. The molecule has 17 heavy (non-hydrogen) atoms. The largest absolute Gasteiger partial charge is 0.397 e. The van der Waals surface area contributed by atoms with Gasteiger partial charge in [0.15, 0.2) is 0 Å². The van der Waals surface area contributed by atoms with E-state index in [1.807, 2.05) is 24.4 Å². The third-order valence-electron chi connectivity index (χ3n) is 2.67. The minimum absolute atomic E-state index is 0.236. The molecule has 1 aromatic carbocycles. The van der Waals surface area contributed by atoms with E-state index in [4.69, 9.17) is 5.73 Å². The molecule has 0 aliphatic heterocycles. The number of hydrogen-bond acceptors (Lipinski definition) is 3. The lowest BCUT2D eigenvalue weighted by Crippen LogP contribution is -2.19. The maximum atomic E-state index is 6.16. The lowest BCUT2D eigenvalue weighted by atomic mass is 9.96. The van der Waals surface area contributed by atoms with Crippen LogP contribution in [0.2, 0.25) is 0 Å². The number of hydrogen-bond donors (Lipinski definition) is 2. The molecule has 3 nitrogen and oxygen atoms in total. The fourth-order valence-electron chi connectivity index (χ4n) is 1.71. The third kappa shape index (κ3) is 2.67. The Morgan fingerprint density at radius 2 is 2.00 bits per heavy atom. The number of aromatic nitrogens is 1. The normalized spacial score (nSPS) is 11.7. The van der Waals surface area contributed by atoms with E-state index in [0.29, 0.717) is 0 Å². The summed E-state index contributed by atoms with van der Waals surface area (Å²) in [7, 11) is 0. The molecule has 1 heterocycles. The van der Waals surface area contributed by atoms with Crippen molar-refractivity contribution in [1.29, 1.82) is 0 Å². The van der Waals surface area contributed by atoms with E-state index in [0.717, 1.165) is 28.7 Å². The maximum absolute atomic E-state index is 6.16. The highest BCUT2D eigenvalue weighted by molar-refractivity contribution is 5.98. The van der Waals surface area contributed by atoms with Crippen molar-refractivity contribution in [3.8, 4) is 0 Å². The molecule has 1 aromatic heterocycles. The van der Waals surface area contributed by atoms with E-state index >= 15 is 0 Å². The SMILES string of the molecule is CC(C)(C)CNc1ccc2cnccc2c1N. The molecule has 0 amide bonds. The monoisotopic (exact) mass is 229 g/mol. The van der Waals surface area contributed by atoms with Gasteiger partial charge in [0.2, 0.25) is 0 Å². The van der Waals surface area contributed by atoms with Crippen molar-refractivity contribution in [2.75, 3.05) is 17.6 Å². The van der Waals surface area contributed by atoms with Gasteiger partial charge in [-0.05, 0) is 17.5 Å². The summed E-state index contributed by atoms with van der Waals surface area (Å²) in [6.07, 6.45) is 3.60. The number of benzene rings is 1. The van der Waals surface area contributed by atoms with Gasteiger partial charge in [0, 0.05) is 29.7 Å². The number of nitrogens with one attached hydrogen (secondary N) is 1. The second kappa shape index (κ2) is 4.24. The molecule has 0 unspecified atom stereocenters. The van der Waals surface area contributed by atoms with Crippen LogP contribution in [0.4, 0.5) is 11.4 Å². The molecule has 0 saturated heterocycles. The first-order valence-corrected chi connectivity index (χ1v) is 5.83. The van der Waals surface area contributed by atoms with Crippen LogP contribution in [0.5, 0.6) is 0 Å². The number of nitrogen functional groups attached to an aromatic ring is 1. The summed E-state index contributed by atoms with van der Waals surface area (Å²) < 4.78 is 0. The Morgan fingerprint density at radius 1 is 1.24 bits per heavy atom. The van der Waals surface area contributed by atoms with Crippen LogP contribution in [0.25, 0.3) is 10.8 Å². The lowest BCUT2D eigenvalue weighted by Gasteiger charge is -2.20. The Hall–Kier alpha value is -1.77. The summed E-state index contributed by atoms with van der Waals surface area (Å²) in [4.78, 5) is 4.09. The molecule has 0 aliphatic rings. The first-order chi connectivity index (χ1) is 7.97. The number of nitrogens with two attached hydrogens (primary N) is 1. The van der Waals surface area contributed by atoms with Crippen LogP contribution in [0.1, 0.15) is 20.8 Å². The van der Waals surface area contributed by atoms with Crippen LogP contribution in [0, 0.1) is 5.41 Å². The van der Waals surface area contributed by atoms with Crippen molar-refractivity contribution in [3.05, 3.63) is 30.6 Å². The van der Waals surface area contributed by atoms with Gasteiger partial charge in [0.25, 0.3) is 0 Å². The zero-order valence-electron chi connectivity index (χ0n) is 10.6. The third-order valence-corrected chi connectivity index (χ3v) is 2.67. The molecule has 0 fully saturated rings. The second-order valence-electron chi connectivity index (χ2n) is 5.54. The minimum atomic E-state index is 0.236. The van der Waals surface area contributed by atoms with Crippen molar-refractivity contribution < 1.29 is 0 Å². The molecule has 90 valence electrons. The zero-order valence-corrected chi connectivity index (χ0v) is 10.6. The van der Waals surface area contributed by atoms with Gasteiger partial charge in [-0.2, -0.15) is 0 Å². The van der Waals surface area contributed by atoms with Gasteiger partial charge in [-0.25, -0.2) is 0 Å². The first-order valence-electron chi connectivity index (χ1n) is 5.83. The fraction of sp³-hybridized carbons (Fsp3) is 0.357. The molecular weight excluding hydrogens is 210 g/mol. The first kappa shape index (κ1) is 11.7. The predicted octanol–water partition coefficient (Wildman–Crippen LogP) is 3.28. The maximum Gasteiger partial charge on any atom is 0.0630 e. The van der Waals surface area contributed by atoms with Gasteiger partial charge in [-0.3, -0.25) is 4.98 Å². The van der Waals surface area contributed by atoms with Crippen molar-refractivity contribution in [1.82, 2.24) is 4.98 Å². The van der Waals surface area contributed by atoms with E-state index in [1.165, 1.54) is 0 Å². The summed E-state index contributed by atoms with van der Waals surface area (Å²) >= 11 is 0. The van der Waals surface area contributed by atoms with Gasteiger partial charge in [-0.15, -0.1) is 0 Å². The van der Waals surface area contributed by atoms with Gasteiger partial charge in [-0.1, -0.05) is 26.8 Å². The van der Waals surface area contributed by atoms with Crippen molar-refractivity contribution in [2.24, 2.45) is 5.41 Å². The molecule has 0 spiro atoms. The molecule has 0 saturated carbocycles. The molecule has 0 radical (unpaired) electrons. The molecule has 3 heteroatoms. The Balaban J connectivity index is 2.33. The van der Waals surface area contributed by atoms with E-state index in [-0.39, 0.29) is 5.41 Å². The Bertz CT molecular complexity index is 526. The van der Waals surface area contributed by atoms with Gasteiger partial charge in [0.05, 0.1) is 11.4 Å². The quantitative estimate of drug-likeness (QED) is 0.777. The van der Waals surface area contributed by atoms with E-state index < -0.39 is 0 Å². The number of anilines is 2. The van der Waals surface area contributed by atoms with Gasteiger partial charge < -0.3 is 11.1 Å². The Kier molecular flexibility index (Phi) is 2.92. The molecule has 0 atom stereocenters. The van der Waals surface area contributed by atoms with Crippen LogP contribution < -0.4 is 11.1 Å². The number of pyridine rings is 1. The van der Waals surface area contributed by atoms with Crippen molar-refractivity contribution in [3.63, 3.8) is 0 Å². The molecule has 2 rings (SSSR count). The van der Waals surface area contributed by atoms with Crippen LogP contribution in [0.15, 0.2) is 30.6 Å². The lowest BCUT2D eigenvalue weighted by molar-refractivity contribution is 0.443. The molecule has 0 bridgehead atoms. The predicted molar refractivity (Wildman–Crippen MR) is 74.1 cm³/mol. The average Bonchev–Trinajstić information content (AvgIpc) is 2.27. The second-order valence-corrected chi connectivity index (χ2v) is 5.54. The highest BCUT2D eigenvalue weighted by Gasteiger charge is 2.11. The van der Waals surface area contributed by atoms with E-state index in [2.05, 4.69) is 31.1 Å². The summed E-state index contributed by atoms with van der Waals surface area (Å²) in [5.41, 5.74) is 8.19. The highest BCUT2D eigenvalue weighted by atomic mass is 14.9. The molecule has 2 aromatic rings. The fourth-order valence-corrected chi connectivity index (χ4v) is 1.71. The van der Waals surface area contributed by atoms with Crippen LogP contribution in [0.3, 0.4) is 0 Å². The molecule has 3 N–H and O–H groups in total.